The molecule has 1 aliphatic heterocycles. The third-order valence-electron chi connectivity index (χ3n) is 4.93. The molecule has 1 N–H and O–H groups in total. The molecule has 1 saturated heterocycles. The second kappa shape index (κ2) is 6.91. The number of ether oxygens (including phenoxy) is 2. The van der Waals surface area contributed by atoms with Gasteiger partial charge in [0.1, 0.15) is 12.3 Å². The van der Waals surface area contributed by atoms with Crippen molar-refractivity contribution in [2.75, 3.05) is 19.1 Å². The summed E-state index contributed by atoms with van der Waals surface area (Å²) in [6.07, 6.45) is -1.01. The Balaban J connectivity index is 1.86. The molecule has 2 aromatic rings. The first kappa shape index (κ1) is 16.9. The van der Waals surface area contributed by atoms with Gasteiger partial charge in [-0.3, -0.25) is 0 Å². The fourth-order valence-corrected chi connectivity index (χ4v) is 3.22. The second-order valence-electron chi connectivity index (χ2n) is 6.33. The lowest BCUT2D eigenvalue weighted by Gasteiger charge is -2.44. The Kier molecular flexibility index (Phi) is 4.87. The van der Waals surface area contributed by atoms with Crippen LogP contribution >= 0.6 is 0 Å². The molecule has 0 saturated carbocycles. The van der Waals surface area contributed by atoms with Crippen molar-refractivity contribution < 1.29 is 18.3 Å². The number of methoxy groups -OCH3 is 1. The molecule has 1 aromatic carbocycles. The van der Waals surface area contributed by atoms with E-state index in [9.17, 15) is 9.18 Å². The number of nitrogens with one attached hydrogen (secondary N) is 1. The predicted octanol–water partition coefficient (Wildman–Crippen LogP) is 3.19. The molecule has 5 nitrogen and oxygen atoms in total. The van der Waals surface area contributed by atoms with Crippen LogP contribution in [-0.4, -0.2) is 32.2 Å². The highest BCUT2D eigenvalue weighted by atomic mass is 19.1. The summed E-state index contributed by atoms with van der Waals surface area (Å²) in [5, 5.41) is 4.23. The van der Waals surface area contributed by atoms with Gasteiger partial charge in [-0.05, 0) is 30.0 Å². The van der Waals surface area contributed by atoms with Crippen LogP contribution in [0.25, 0.3) is 11.0 Å². The maximum Gasteiger partial charge on any atom is 0.336 e. The molecule has 1 aliphatic rings. The maximum atomic E-state index is 13.1. The Labute approximate surface area is 139 Å². The number of hydrogen-bond acceptors (Lipinski definition) is 5. The molecular formula is C18H22FNO4. The minimum atomic E-state index is -0.546. The fraction of sp³-hybridized carbons (Fsp3) is 0.500. The molecule has 0 spiro atoms. The minimum Gasteiger partial charge on any atom is -0.423 e. The molecule has 3 rings (SSSR count). The Hall–Kier alpha value is -1.92. The number of benzene rings is 1. The van der Waals surface area contributed by atoms with E-state index < -0.39 is 19.1 Å². The molecule has 0 bridgehead atoms. The Bertz CT molecular complexity index is 760. The van der Waals surface area contributed by atoms with Gasteiger partial charge in [0, 0.05) is 30.3 Å². The van der Waals surface area contributed by atoms with Gasteiger partial charge in [-0.25, -0.2) is 9.18 Å². The number of hydrogen-bond donors (Lipinski definition) is 1. The average Bonchev–Trinajstić information content (AvgIpc) is 2.59. The summed E-state index contributed by atoms with van der Waals surface area (Å²) in [5.74, 6) is 0.195. The summed E-state index contributed by atoms with van der Waals surface area (Å²) < 4.78 is 29.5. The predicted molar refractivity (Wildman–Crippen MR) is 89.9 cm³/mol. The topological polar surface area (TPSA) is 60.7 Å². The van der Waals surface area contributed by atoms with E-state index in [0.29, 0.717) is 5.58 Å². The lowest BCUT2D eigenvalue weighted by Crippen LogP contribution is -2.53. The van der Waals surface area contributed by atoms with Crippen molar-refractivity contribution in [1.29, 1.82) is 0 Å². The normalized spacial score (nSPS) is 30.4. The Morgan fingerprint density at radius 1 is 1.21 bits per heavy atom. The van der Waals surface area contributed by atoms with Crippen LogP contribution in [0.1, 0.15) is 13.8 Å². The zero-order valence-corrected chi connectivity index (χ0v) is 14.0. The molecule has 2 heterocycles. The molecule has 1 aromatic heterocycles. The standard InChI is InChI=1S/C18H22FNO4/c1-10-11(2)17(18(22-3)24-15(10)9-19)20-13-6-4-12-5-7-16(21)23-14(12)8-13/h4-8,10-11,15,17-18,20H,9H2,1-3H3/t10-,11-,15?,17?,18-/m0/s1. The van der Waals surface area contributed by atoms with Gasteiger partial charge < -0.3 is 19.2 Å². The van der Waals surface area contributed by atoms with Crippen LogP contribution in [-0.2, 0) is 9.47 Å². The molecule has 5 atom stereocenters. The zero-order chi connectivity index (χ0) is 17.3. The van der Waals surface area contributed by atoms with Crippen LogP contribution in [0.5, 0.6) is 0 Å². The molecule has 1 fully saturated rings. The van der Waals surface area contributed by atoms with Gasteiger partial charge >= 0.3 is 5.63 Å². The maximum absolute atomic E-state index is 13.1. The first-order valence-electron chi connectivity index (χ1n) is 8.08. The molecule has 130 valence electrons. The number of fused-ring (bicyclic) bond motifs is 1. The van der Waals surface area contributed by atoms with Crippen LogP contribution in [0.15, 0.2) is 39.5 Å². The summed E-state index contributed by atoms with van der Waals surface area (Å²) in [4.78, 5) is 11.4. The van der Waals surface area contributed by atoms with Crippen molar-refractivity contribution in [3.8, 4) is 0 Å². The first-order chi connectivity index (χ1) is 11.5. The van der Waals surface area contributed by atoms with Gasteiger partial charge in [-0.2, -0.15) is 0 Å². The highest BCUT2D eigenvalue weighted by Crippen LogP contribution is 2.33. The van der Waals surface area contributed by atoms with Crippen LogP contribution in [0.2, 0.25) is 0 Å². The van der Waals surface area contributed by atoms with Gasteiger partial charge in [0.2, 0.25) is 0 Å². The third kappa shape index (κ3) is 3.16. The van der Waals surface area contributed by atoms with Gasteiger partial charge in [-0.1, -0.05) is 13.8 Å². The minimum absolute atomic E-state index is 0.0530. The van der Waals surface area contributed by atoms with Crippen molar-refractivity contribution in [2.45, 2.75) is 32.3 Å². The van der Waals surface area contributed by atoms with Gasteiger partial charge in [-0.15, -0.1) is 0 Å². The monoisotopic (exact) mass is 335 g/mol. The number of halogens is 1. The van der Waals surface area contributed by atoms with Crippen LogP contribution in [0, 0.1) is 11.8 Å². The Morgan fingerprint density at radius 3 is 2.67 bits per heavy atom. The average molecular weight is 335 g/mol. The van der Waals surface area contributed by atoms with E-state index >= 15 is 0 Å². The van der Waals surface area contributed by atoms with Crippen molar-refractivity contribution in [3.63, 3.8) is 0 Å². The molecule has 0 aliphatic carbocycles. The van der Waals surface area contributed by atoms with Crippen molar-refractivity contribution in [1.82, 2.24) is 0 Å². The summed E-state index contributed by atoms with van der Waals surface area (Å²) in [7, 11) is 1.55. The van der Waals surface area contributed by atoms with E-state index in [1.807, 2.05) is 19.1 Å². The van der Waals surface area contributed by atoms with Crippen molar-refractivity contribution >= 4 is 16.7 Å². The highest BCUT2D eigenvalue weighted by Gasteiger charge is 2.41. The van der Waals surface area contributed by atoms with Gasteiger partial charge in [0.25, 0.3) is 0 Å². The molecule has 24 heavy (non-hydrogen) atoms. The van der Waals surface area contributed by atoms with E-state index in [2.05, 4.69) is 12.2 Å². The Morgan fingerprint density at radius 2 is 1.96 bits per heavy atom. The van der Waals surface area contributed by atoms with Crippen LogP contribution in [0.3, 0.4) is 0 Å². The van der Waals surface area contributed by atoms with E-state index in [1.54, 1.807) is 19.2 Å². The largest absolute Gasteiger partial charge is 0.423 e. The van der Waals surface area contributed by atoms with Crippen LogP contribution in [0.4, 0.5) is 10.1 Å². The van der Waals surface area contributed by atoms with Crippen molar-refractivity contribution in [2.24, 2.45) is 11.8 Å². The highest BCUT2D eigenvalue weighted by molar-refractivity contribution is 5.80. The first-order valence-corrected chi connectivity index (χ1v) is 8.08. The number of anilines is 1. The molecule has 0 amide bonds. The summed E-state index contributed by atoms with van der Waals surface area (Å²) in [6, 6.07) is 8.55. The van der Waals surface area contributed by atoms with E-state index in [1.165, 1.54) is 6.07 Å². The van der Waals surface area contributed by atoms with Crippen LogP contribution < -0.4 is 10.9 Å². The zero-order valence-electron chi connectivity index (χ0n) is 14.0. The quantitative estimate of drug-likeness (QED) is 0.870. The molecule has 0 radical (unpaired) electrons. The molecule has 6 heteroatoms. The third-order valence-corrected chi connectivity index (χ3v) is 4.93. The van der Waals surface area contributed by atoms with E-state index in [4.69, 9.17) is 13.9 Å². The molecule has 2 unspecified atom stereocenters. The van der Waals surface area contributed by atoms with Gasteiger partial charge in [0.05, 0.1) is 12.1 Å². The van der Waals surface area contributed by atoms with Gasteiger partial charge in [0.15, 0.2) is 6.29 Å². The summed E-state index contributed by atoms with van der Waals surface area (Å²) in [5.41, 5.74) is 0.925. The number of alkyl halides is 1. The number of rotatable bonds is 4. The SMILES string of the molecule is CO[C@H]1OC(CF)[C@@H](C)[C@H](C)C1Nc1ccc2ccc(=O)oc2c1. The fourth-order valence-electron chi connectivity index (χ4n) is 3.22. The smallest absolute Gasteiger partial charge is 0.336 e. The lowest BCUT2D eigenvalue weighted by atomic mass is 9.82. The van der Waals surface area contributed by atoms with E-state index in [0.717, 1.165) is 11.1 Å². The molecular weight excluding hydrogens is 313 g/mol. The van der Waals surface area contributed by atoms with Crippen molar-refractivity contribution in [3.05, 3.63) is 40.8 Å². The second-order valence-corrected chi connectivity index (χ2v) is 6.33. The summed E-state index contributed by atoms with van der Waals surface area (Å²) in [6.45, 7) is 3.51. The lowest BCUT2D eigenvalue weighted by molar-refractivity contribution is -0.218. The summed E-state index contributed by atoms with van der Waals surface area (Å²) >= 11 is 0. The van der Waals surface area contributed by atoms with E-state index in [-0.39, 0.29) is 23.5 Å².